The van der Waals surface area contributed by atoms with Crippen molar-refractivity contribution in [1.82, 2.24) is 0 Å². The lowest BCUT2D eigenvalue weighted by Crippen LogP contribution is -2.16. The molecule has 0 bridgehead atoms. The van der Waals surface area contributed by atoms with E-state index in [1.807, 2.05) is 18.2 Å². The highest BCUT2D eigenvalue weighted by Crippen LogP contribution is 2.42. The van der Waals surface area contributed by atoms with Gasteiger partial charge in [0.05, 0.1) is 12.2 Å². The van der Waals surface area contributed by atoms with Crippen molar-refractivity contribution in [3.63, 3.8) is 0 Å². The molecule has 2 aromatic rings. The SMILES string of the molecule is C=CC(=O)Oc1ccc(-c2ccc(OCCOC(=O)C(=C)COC)cc2C2CCC(CCCCC)CC2)cc1. The van der Waals surface area contributed by atoms with E-state index in [0.29, 0.717) is 11.7 Å². The van der Waals surface area contributed by atoms with Gasteiger partial charge in [-0.05, 0) is 78.5 Å². The molecule has 1 aliphatic rings. The molecule has 1 aliphatic carbocycles. The van der Waals surface area contributed by atoms with Gasteiger partial charge in [0.1, 0.15) is 24.7 Å². The van der Waals surface area contributed by atoms with Gasteiger partial charge < -0.3 is 18.9 Å². The van der Waals surface area contributed by atoms with Crippen LogP contribution in [0.2, 0.25) is 0 Å². The van der Waals surface area contributed by atoms with Crippen LogP contribution in [-0.4, -0.2) is 38.9 Å². The fourth-order valence-corrected chi connectivity index (χ4v) is 5.17. The van der Waals surface area contributed by atoms with Crippen LogP contribution >= 0.6 is 0 Å². The van der Waals surface area contributed by atoms with E-state index in [4.69, 9.17) is 18.9 Å². The fourth-order valence-electron chi connectivity index (χ4n) is 5.17. The second-order valence-corrected chi connectivity index (χ2v) is 10.1. The summed E-state index contributed by atoms with van der Waals surface area (Å²) >= 11 is 0. The van der Waals surface area contributed by atoms with Crippen LogP contribution in [0.15, 0.2) is 67.3 Å². The van der Waals surface area contributed by atoms with Gasteiger partial charge in [-0.15, -0.1) is 0 Å². The van der Waals surface area contributed by atoms with E-state index in [-0.39, 0.29) is 25.4 Å². The maximum absolute atomic E-state index is 11.9. The molecule has 0 amide bonds. The largest absolute Gasteiger partial charge is 0.490 e. The molecule has 2 aromatic carbocycles. The third-order valence-electron chi connectivity index (χ3n) is 7.27. The minimum absolute atomic E-state index is 0.131. The lowest BCUT2D eigenvalue weighted by molar-refractivity contribution is -0.140. The van der Waals surface area contributed by atoms with Gasteiger partial charge in [0, 0.05) is 13.2 Å². The van der Waals surface area contributed by atoms with Gasteiger partial charge in [-0.25, -0.2) is 9.59 Å². The van der Waals surface area contributed by atoms with Crippen molar-refractivity contribution in [2.45, 2.75) is 64.2 Å². The second-order valence-electron chi connectivity index (χ2n) is 10.1. The van der Waals surface area contributed by atoms with Gasteiger partial charge in [-0.2, -0.15) is 0 Å². The zero-order valence-electron chi connectivity index (χ0n) is 23.4. The molecule has 0 aromatic heterocycles. The van der Waals surface area contributed by atoms with E-state index in [1.54, 1.807) is 12.1 Å². The normalized spacial score (nSPS) is 16.8. The van der Waals surface area contributed by atoms with Crippen molar-refractivity contribution >= 4 is 11.9 Å². The Hall–Kier alpha value is -3.38. The summed E-state index contributed by atoms with van der Waals surface area (Å²) in [7, 11) is 1.51. The molecule has 0 heterocycles. The molecule has 39 heavy (non-hydrogen) atoms. The summed E-state index contributed by atoms with van der Waals surface area (Å²) in [5.74, 6) is 1.54. The summed E-state index contributed by atoms with van der Waals surface area (Å²) in [6, 6.07) is 13.8. The summed E-state index contributed by atoms with van der Waals surface area (Å²) in [5, 5.41) is 0. The van der Waals surface area contributed by atoms with Crippen molar-refractivity contribution in [3.05, 3.63) is 72.8 Å². The van der Waals surface area contributed by atoms with Crippen molar-refractivity contribution < 1.29 is 28.5 Å². The Morgan fingerprint density at radius 2 is 1.69 bits per heavy atom. The zero-order valence-corrected chi connectivity index (χ0v) is 23.4. The Morgan fingerprint density at radius 3 is 2.36 bits per heavy atom. The molecule has 6 heteroatoms. The highest BCUT2D eigenvalue weighted by atomic mass is 16.6. The van der Waals surface area contributed by atoms with E-state index < -0.39 is 11.9 Å². The van der Waals surface area contributed by atoms with E-state index in [0.717, 1.165) is 41.7 Å². The number of benzene rings is 2. The first-order valence-corrected chi connectivity index (χ1v) is 14.0. The average molecular weight is 535 g/mol. The molecule has 0 aliphatic heterocycles. The van der Waals surface area contributed by atoms with Gasteiger partial charge in [0.15, 0.2) is 0 Å². The van der Waals surface area contributed by atoms with E-state index in [2.05, 4.69) is 32.2 Å². The number of esters is 2. The molecule has 0 unspecified atom stereocenters. The maximum Gasteiger partial charge on any atom is 0.335 e. The number of ether oxygens (including phenoxy) is 4. The minimum Gasteiger partial charge on any atom is -0.490 e. The quantitative estimate of drug-likeness (QED) is 0.102. The zero-order chi connectivity index (χ0) is 28.0. The monoisotopic (exact) mass is 534 g/mol. The van der Waals surface area contributed by atoms with Crippen LogP contribution in [0.1, 0.15) is 69.8 Å². The molecule has 0 saturated heterocycles. The molecule has 6 nitrogen and oxygen atoms in total. The molecule has 1 fully saturated rings. The first-order chi connectivity index (χ1) is 18.9. The van der Waals surface area contributed by atoms with Crippen LogP contribution in [0.25, 0.3) is 11.1 Å². The molecular formula is C33H42O6. The molecular weight excluding hydrogens is 492 g/mol. The number of carbonyl (C=O) groups is 2. The summed E-state index contributed by atoms with van der Waals surface area (Å²) < 4.78 is 21.4. The summed E-state index contributed by atoms with van der Waals surface area (Å²) in [6.07, 6.45) is 11.2. The predicted molar refractivity (Wildman–Crippen MR) is 154 cm³/mol. The van der Waals surface area contributed by atoms with Crippen LogP contribution in [0.4, 0.5) is 0 Å². The number of methoxy groups -OCH3 is 1. The molecule has 0 N–H and O–H groups in total. The molecule has 0 atom stereocenters. The van der Waals surface area contributed by atoms with Crippen LogP contribution in [0.3, 0.4) is 0 Å². The highest BCUT2D eigenvalue weighted by Gasteiger charge is 2.25. The smallest absolute Gasteiger partial charge is 0.335 e. The van der Waals surface area contributed by atoms with Crippen molar-refractivity contribution in [3.8, 4) is 22.6 Å². The highest BCUT2D eigenvalue weighted by molar-refractivity contribution is 5.88. The number of hydrogen-bond donors (Lipinski definition) is 0. The third kappa shape index (κ3) is 9.39. The minimum atomic E-state index is -0.477. The van der Waals surface area contributed by atoms with Crippen LogP contribution < -0.4 is 9.47 Å². The average Bonchev–Trinajstić information content (AvgIpc) is 2.96. The Kier molecular flexibility index (Phi) is 12.3. The Morgan fingerprint density at radius 1 is 0.974 bits per heavy atom. The number of hydrogen-bond acceptors (Lipinski definition) is 6. The lowest BCUT2D eigenvalue weighted by atomic mass is 9.75. The molecule has 0 spiro atoms. The fraction of sp³-hybridized carbons (Fsp3) is 0.455. The van der Waals surface area contributed by atoms with E-state index in [1.165, 1.54) is 51.2 Å². The van der Waals surface area contributed by atoms with E-state index in [9.17, 15) is 9.59 Å². The Bertz CT molecular complexity index is 1100. The molecule has 1 saturated carbocycles. The number of rotatable bonds is 15. The van der Waals surface area contributed by atoms with Crippen molar-refractivity contribution in [2.75, 3.05) is 26.9 Å². The van der Waals surface area contributed by atoms with Crippen LogP contribution in [0.5, 0.6) is 11.5 Å². The van der Waals surface area contributed by atoms with Gasteiger partial charge in [0.2, 0.25) is 0 Å². The topological polar surface area (TPSA) is 71.1 Å². The standard InChI is InChI=1S/C33H42O6/c1-5-7-8-9-25-10-12-27(13-11-25)31-22-29(37-20-21-38-33(35)24(3)23-36-4)18-19-30(31)26-14-16-28(17-15-26)39-32(34)6-2/h6,14-19,22,25,27H,2-3,5,7-13,20-21,23H2,1,4H3. The summed E-state index contributed by atoms with van der Waals surface area (Å²) in [5.41, 5.74) is 3.76. The Labute approximate surface area is 233 Å². The molecule has 3 rings (SSSR count). The molecule has 0 radical (unpaired) electrons. The van der Waals surface area contributed by atoms with Gasteiger partial charge >= 0.3 is 11.9 Å². The number of unbranched alkanes of at least 4 members (excludes halogenated alkanes) is 2. The van der Waals surface area contributed by atoms with E-state index >= 15 is 0 Å². The number of carbonyl (C=O) groups excluding carboxylic acids is 2. The first-order valence-electron chi connectivity index (χ1n) is 14.0. The van der Waals surface area contributed by atoms with Gasteiger partial charge in [0.25, 0.3) is 0 Å². The van der Waals surface area contributed by atoms with Crippen LogP contribution in [0, 0.1) is 5.92 Å². The van der Waals surface area contributed by atoms with Crippen molar-refractivity contribution in [1.29, 1.82) is 0 Å². The third-order valence-corrected chi connectivity index (χ3v) is 7.27. The predicted octanol–water partition coefficient (Wildman–Crippen LogP) is 7.42. The van der Waals surface area contributed by atoms with Crippen molar-refractivity contribution in [2.24, 2.45) is 5.92 Å². The van der Waals surface area contributed by atoms with Crippen LogP contribution in [-0.2, 0) is 19.1 Å². The maximum atomic E-state index is 11.9. The molecule has 210 valence electrons. The second kappa shape index (κ2) is 15.9. The lowest BCUT2D eigenvalue weighted by Gasteiger charge is -2.30. The van der Waals surface area contributed by atoms with Gasteiger partial charge in [-0.3, -0.25) is 0 Å². The first kappa shape index (κ1) is 30.2. The van der Waals surface area contributed by atoms with Gasteiger partial charge in [-0.1, -0.05) is 64.0 Å². The summed E-state index contributed by atoms with van der Waals surface area (Å²) in [6.45, 7) is 9.89. The Balaban J connectivity index is 1.72. The summed E-state index contributed by atoms with van der Waals surface area (Å²) in [4.78, 5) is 23.5.